The lowest BCUT2D eigenvalue weighted by atomic mass is 10.1. The van der Waals surface area contributed by atoms with E-state index >= 15 is 0 Å². The van der Waals surface area contributed by atoms with Gasteiger partial charge in [-0.3, -0.25) is 14.5 Å². The number of carbonyl (C=O) groups is 2. The van der Waals surface area contributed by atoms with Gasteiger partial charge in [-0.1, -0.05) is 24.3 Å². The predicted molar refractivity (Wildman–Crippen MR) is 119 cm³/mol. The fraction of sp³-hybridized carbons (Fsp3) is 0.261. The number of primary amides is 1. The molecule has 0 aliphatic carbocycles. The molecule has 2 aromatic carbocycles. The van der Waals surface area contributed by atoms with Crippen molar-refractivity contribution in [1.29, 1.82) is 0 Å². The summed E-state index contributed by atoms with van der Waals surface area (Å²) in [6.45, 7) is 3.46. The van der Waals surface area contributed by atoms with Crippen LogP contribution in [0, 0.1) is 6.92 Å². The Morgan fingerprint density at radius 2 is 2.03 bits per heavy atom. The first kappa shape index (κ1) is 20.3. The number of likely N-dealkylation sites (tertiary alicyclic amines) is 1. The normalized spacial score (nSPS) is 16.5. The van der Waals surface area contributed by atoms with Crippen LogP contribution in [0.2, 0.25) is 0 Å². The second kappa shape index (κ2) is 8.77. The minimum Gasteiger partial charge on any atom is -0.368 e. The maximum absolute atomic E-state index is 12.7. The number of hydrogen-bond acceptors (Lipinski definition) is 5. The van der Waals surface area contributed by atoms with Crippen LogP contribution >= 0.6 is 11.3 Å². The zero-order chi connectivity index (χ0) is 21.1. The number of benzene rings is 2. The molecule has 30 heavy (non-hydrogen) atoms. The highest BCUT2D eigenvalue weighted by molar-refractivity contribution is 7.13. The smallest absolute Gasteiger partial charge is 0.255 e. The van der Waals surface area contributed by atoms with E-state index in [0.29, 0.717) is 12.1 Å². The monoisotopic (exact) mass is 420 g/mol. The van der Waals surface area contributed by atoms with Crippen LogP contribution < -0.4 is 11.1 Å². The van der Waals surface area contributed by atoms with Crippen LogP contribution in [0.4, 0.5) is 5.69 Å². The van der Waals surface area contributed by atoms with E-state index in [0.717, 1.165) is 46.9 Å². The Morgan fingerprint density at radius 3 is 2.73 bits per heavy atom. The summed E-state index contributed by atoms with van der Waals surface area (Å²) in [6, 6.07) is 15.0. The number of hydrogen-bond donors (Lipinski definition) is 2. The molecule has 0 spiro atoms. The number of anilines is 1. The van der Waals surface area contributed by atoms with E-state index in [4.69, 9.17) is 5.73 Å². The molecule has 1 unspecified atom stereocenters. The molecule has 4 rings (SSSR count). The number of carbonyl (C=O) groups excluding carboxylic acids is 2. The number of thiazole rings is 1. The molecule has 6 nitrogen and oxygen atoms in total. The second-order valence-corrected chi connectivity index (χ2v) is 8.41. The third-order valence-corrected chi connectivity index (χ3v) is 6.28. The summed E-state index contributed by atoms with van der Waals surface area (Å²) >= 11 is 1.59. The zero-order valence-corrected chi connectivity index (χ0v) is 17.6. The van der Waals surface area contributed by atoms with E-state index in [1.165, 1.54) is 0 Å². The number of nitrogens with zero attached hydrogens (tertiary/aromatic N) is 2. The SMILES string of the molecule is Cc1csc(-c2ccc(C(=O)Nc3cccc(CN4CCCC4C(N)=O)c3)cc2)n1. The van der Waals surface area contributed by atoms with Crippen LogP contribution in [0.3, 0.4) is 0 Å². The Kier molecular flexibility index (Phi) is 5.92. The van der Waals surface area contributed by atoms with E-state index in [1.54, 1.807) is 11.3 Å². The molecule has 154 valence electrons. The first-order valence-electron chi connectivity index (χ1n) is 9.96. The van der Waals surface area contributed by atoms with Gasteiger partial charge in [-0.25, -0.2) is 4.98 Å². The summed E-state index contributed by atoms with van der Waals surface area (Å²) < 4.78 is 0. The topological polar surface area (TPSA) is 88.3 Å². The zero-order valence-electron chi connectivity index (χ0n) is 16.8. The van der Waals surface area contributed by atoms with Gasteiger partial charge in [0.05, 0.1) is 6.04 Å². The number of aryl methyl sites for hydroxylation is 1. The van der Waals surface area contributed by atoms with Gasteiger partial charge in [-0.15, -0.1) is 11.3 Å². The highest BCUT2D eigenvalue weighted by Crippen LogP contribution is 2.24. The van der Waals surface area contributed by atoms with Gasteiger partial charge in [0.2, 0.25) is 5.91 Å². The Labute approximate surface area is 179 Å². The van der Waals surface area contributed by atoms with Crippen molar-refractivity contribution in [2.45, 2.75) is 32.4 Å². The number of nitrogens with two attached hydrogens (primary N) is 1. The Bertz CT molecular complexity index is 1060. The van der Waals surface area contributed by atoms with Crippen molar-refractivity contribution < 1.29 is 9.59 Å². The molecule has 1 aliphatic heterocycles. The minimum atomic E-state index is -0.270. The molecular formula is C23H24N4O2S. The largest absolute Gasteiger partial charge is 0.368 e. The first-order valence-corrected chi connectivity index (χ1v) is 10.8. The average molecular weight is 421 g/mol. The third-order valence-electron chi connectivity index (χ3n) is 5.28. The molecule has 3 N–H and O–H groups in total. The molecule has 0 bridgehead atoms. The van der Waals surface area contributed by atoms with Gasteiger partial charge < -0.3 is 11.1 Å². The molecule has 1 aromatic heterocycles. The number of amides is 2. The lowest BCUT2D eigenvalue weighted by Crippen LogP contribution is -2.39. The lowest BCUT2D eigenvalue weighted by Gasteiger charge is -2.22. The van der Waals surface area contributed by atoms with E-state index in [2.05, 4.69) is 15.2 Å². The molecular weight excluding hydrogens is 396 g/mol. The summed E-state index contributed by atoms with van der Waals surface area (Å²) in [5.74, 6) is -0.432. The number of aromatic nitrogens is 1. The van der Waals surface area contributed by atoms with Crippen LogP contribution in [-0.2, 0) is 11.3 Å². The van der Waals surface area contributed by atoms with E-state index in [1.807, 2.05) is 60.8 Å². The van der Waals surface area contributed by atoms with Crippen molar-refractivity contribution in [3.05, 3.63) is 70.7 Å². The lowest BCUT2D eigenvalue weighted by molar-refractivity contribution is -0.122. The summed E-state index contributed by atoms with van der Waals surface area (Å²) in [5.41, 5.74) is 9.86. The summed E-state index contributed by atoms with van der Waals surface area (Å²) in [6.07, 6.45) is 1.78. The molecule has 7 heteroatoms. The van der Waals surface area contributed by atoms with Gasteiger partial charge >= 0.3 is 0 Å². The van der Waals surface area contributed by atoms with Crippen molar-refractivity contribution >= 4 is 28.8 Å². The van der Waals surface area contributed by atoms with Crippen molar-refractivity contribution in [3.8, 4) is 10.6 Å². The Hall–Kier alpha value is -3.03. The molecule has 1 fully saturated rings. The van der Waals surface area contributed by atoms with Gasteiger partial charge in [-0.2, -0.15) is 0 Å². The third kappa shape index (κ3) is 4.58. The van der Waals surface area contributed by atoms with Crippen LogP contribution in [0.15, 0.2) is 53.9 Å². The maximum Gasteiger partial charge on any atom is 0.255 e. The second-order valence-electron chi connectivity index (χ2n) is 7.56. The molecule has 0 saturated carbocycles. The Balaban J connectivity index is 1.42. The highest BCUT2D eigenvalue weighted by atomic mass is 32.1. The standard InChI is InChI=1S/C23H24N4O2S/c1-15-14-30-23(25-15)18-9-7-17(8-10-18)22(29)26-19-5-2-4-16(12-19)13-27-11-3-6-20(27)21(24)28/h2,4-5,7-10,12,14,20H,3,6,11,13H2,1H3,(H2,24,28)(H,26,29). The van der Waals surface area contributed by atoms with Crippen LogP contribution in [0.25, 0.3) is 10.6 Å². The van der Waals surface area contributed by atoms with Gasteiger partial charge in [0, 0.05) is 34.4 Å². The maximum atomic E-state index is 12.7. The number of rotatable bonds is 6. The van der Waals surface area contributed by atoms with E-state index < -0.39 is 0 Å². The first-order chi connectivity index (χ1) is 14.5. The average Bonchev–Trinajstić information content (AvgIpc) is 3.37. The summed E-state index contributed by atoms with van der Waals surface area (Å²) in [7, 11) is 0. The molecule has 1 aliphatic rings. The Morgan fingerprint density at radius 1 is 1.23 bits per heavy atom. The van der Waals surface area contributed by atoms with Crippen LogP contribution in [0.1, 0.15) is 34.5 Å². The van der Waals surface area contributed by atoms with Crippen molar-refractivity contribution in [2.75, 3.05) is 11.9 Å². The molecule has 3 aromatic rings. The van der Waals surface area contributed by atoms with Gasteiger partial charge in [0.1, 0.15) is 5.01 Å². The summed E-state index contributed by atoms with van der Waals surface area (Å²) in [4.78, 5) is 30.9. The molecule has 2 amide bonds. The molecule has 1 atom stereocenters. The minimum absolute atomic E-state index is 0.162. The fourth-order valence-electron chi connectivity index (χ4n) is 3.77. The van der Waals surface area contributed by atoms with E-state index in [9.17, 15) is 9.59 Å². The molecule has 0 radical (unpaired) electrons. The highest BCUT2D eigenvalue weighted by Gasteiger charge is 2.28. The molecule has 2 heterocycles. The quantitative estimate of drug-likeness (QED) is 0.634. The van der Waals surface area contributed by atoms with Gasteiger partial charge in [-0.05, 0) is 56.1 Å². The summed E-state index contributed by atoms with van der Waals surface area (Å²) in [5, 5.41) is 5.92. The van der Waals surface area contributed by atoms with Crippen molar-refractivity contribution in [1.82, 2.24) is 9.88 Å². The fourth-order valence-corrected chi connectivity index (χ4v) is 4.58. The van der Waals surface area contributed by atoms with Crippen molar-refractivity contribution in [3.63, 3.8) is 0 Å². The van der Waals surface area contributed by atoms with Gasteiger partial charge in [0.15, 0.2) is 0 Å². The van der Waals surface area contributed by atoms with Crippen LogP contribution in [0.5, 0.6) is 0 Å². The van der Waals surface area contributed by atoms with E-state index in [-0.39, 0.29) is 17.9 Å². The number of nitrogens with one attached hydrogen (secondary N) is 1. The predicted octanol–water partition coefficient (Wildman–Crippen LogP) is 3.82. The van der Waals surface area contributed by atoms with Crippen LogP contribution in [-0.4, -0.2) is 34.3 Å². The van der Waals surface area contributed by atoms with Crippen molar-refractivity contribution in [2.24, 2.45) is 5.73 Å². The molecule has 1 saturated heterocycles. The van der Waals surface area contributed by atoms with Gasteiger partial charge in [0.25, 0.3) is 5.91 Å².